The van der Waals surface area contributed by atoms with Crippen LogP contribution in [0.15, 0.2) is 18.2 Å². The molecule has 2 N–H and O–H groups in total. The number of non-ortho nitro benzene ring substituents is 1. The smallest absolute Gasteiger partial charge is 0.270 e. The Morgan fingerprint density at radius 3 is 2.59 bits per heavy atom. The van der Waals surface area contributed by atoms with Gasteiger partial charge in [-0.05, 0) is 19.9 Å². The molecule has 6 heteroatoms. The van der Waals surface area contributed by atoms with E-state index in [2.05, 4.69) is 10.6 Å². The first kappa shape index (κ1) is 13.0. The molecule has 0 aliphatic carbocycles. The van der Waals surface area contributed by atoms with Crippen molar-refractivity contribution in [2.45, 2.75) is 13.8 Å². The molecule has 0 fully saturated rings. The molecular formula is C11H15N3O3. The van der Waals surface area contributed by atoms with Crippen LogP contribution in [0, 0.1) is 10.1 Å². The lowest BCUT2D eigenvalue weighted by atomic mass is 10.1. The number of hydrogen-bond donors (Lipinski definition) is 2. The van der Waals surface area contributed by atoms with Gasteiger partial charge in [0.1, 0.15) is 0 Å². The van der Waals surface area contributed by atoms with Crippen molar-refractivity contribution in [3.05, 3.63) is 33.9 Å². The highest BCUT2D eigenvalue weighted by atomic mass is 16.6. The summed E-state index contributed by atoms with van der Waals surface area (Å²) in [7, 11) is 0. The number of carbonyl (C=O) groups is 1. The highest BCUT2D eigenvalue weighted by Gasteiger charge is 2.15. The van der Waals surface area contributed by atoms with Crippen molar-refractivity contribution < 1.29 is 9.72 Å². The third-order valence-electron chi connectivity index (χ3n) is 2.16. The van der Waals surface area contributed by atoms with E-state index in [0.29, 0.717) is 24.3 Å². The van der Waals surface area contributed by atoms with Gasteiger partial charge in [0.25, 0.3) is 11.6 Å². The van der Waals surface area contributed by atoms with Gasteiger partial charge in [-0.2, -0.15) is 0 Å². The van der Waals surface area contributed by atoms with Crippen molar-refractivity contribution in [1.82, 2.24) is 5.32 Å². The van der Waals surface area contributed by atoms with Gasteiger partial charge in [-0.1, -0.05) is 0 Å². The number of nitrogens with one attached hydrogen (secondary N) is 2. The lowest BCUT2D eigenvalue weighted by molar-refractivity contribution is -0.384. The van der Waals surface area contributed by atoms with E-state index in [1.807, 2.05) is 6.92 Å². The molecule has 0 heterocycles. The Kier molecular flexibility index (Phi) is 4.45. The van der Waals surface area contributed by atoms with E-state index in [1.54, 1.807) is 13.0 Å². The van der Waals surface area contributed by atoms with Crippen LogP contribution in [0.4, 0.5) is 11.4 Å². The molecule has 0 aromatic heterocycles. The first-order chi connectivity index (χ1) is 8.10. The minimum absolute atomic E-state index is 0.0899. The molecule has 1 amide bonds. The standard InChI is InChI=1S/C11H15N3O3/c1-3-12-10-6-5-8(14(16)17)7-9(10)11(15)13-4-2/h5-7,12H,3-4H2,1-2H3,(H,13,15). The highest BCUT2D eigenvalue weighted by Crippen LogP contribution is 2.21. The van der Waals surface area contributed by atoms with Crippen LogP contribution >= 0.6 is 0 Å². The van der Waals surface area contributed by atoms with Crippen LogP contribution < -0.4 is 10.6 Å². The molecule has 0 aliphatic heterocycles. The number of nitrogens with zero attached hydrogens (tertiary/aromatic N) is 1. The molecule has 92 valence electrons. The molecule has 0 bridgehead atoms. The zero-order chi connectivity index (χ0) is 12.8. The molecule has 1 rings (SSSR count). The Hall–Kier alpha value is -2.11. The monoisotopic (exact) mass is 237 g/mol. The Labute approximate surface area is 99.2 Å². The van der Waals surface area contributed by atoms with Crippen molar-refractivity contribution in [3.63, 3.8) is 0 Å². The van der Waals surface area contributed by atoms with E-state index in [0.717, 1.165) is 0 Å². The molecule has 17 heavy (non-hydrogen) atoms. The van der Waals surface area contributed by atoms with Crippen LogP contribution in [0.3, 0.4) is 0 Å². The summed E-state index contributed by atoms with van der Waals surface area (Å²) in [5.74, 6) is -0.313. The van der Waals surface area contributed by atoms with Crippen molar-refractivity contribution >= 4 is 17.3 Å². The fourth-order valence-electron chi connectivity index (χ4n) is 1.43. The van der Waals surface area contributed by atoms with E-state index < -0.39 is 4.92 Å². The summed E-state index contributed by atoms with van der Waals surface area (Å²) in [5, 5.41) is 16.3. The van der Waals surface area contributed by atoms with Gasteiger partial charge in [0.2, 0.25) is 0 Å². The minimum atomic E-state index is -0.515. The van der Waals surface area contributed by atoms with E-state index >= 15 is 0 Å². The highest BCUT2D eigenvalue weighted by molar-refractivity contribution is 6.00. The maximum atomic E-state index is 11.7. The molecule has 1 aromatic carbocycles. The zero-order valence-electron chi connectivity index (χ0n) is 9.82. The molecule has 0 unspecified atom stereocenters. The van der Waals surface area contributed by atoms with Gasteiger partial charge in [-0.3, -0.25) is 14.9 Å². The van der Waals surface area contributed by atoms with Gasteiger partial charge >= 0.3 is 0 Å². The lowest BCUT2D eigenvalue weighted by Crippen LogP contribution is -2.24. The van der Waals surface area contributed by atoms with E-state index in [9.17, 15) is 14.9 Å². The van der Waals surface area contributed by atoms with Crippen LogP contribution in [0.2, 0.25) is 0 Å². The van der Waals surface area contributed by atoms with Gasteiger partial charge in [-0.25, -0.2) is 0 Å². The van der Waals surface area contributed by atoms with Gasteiger partial charge in [-0.15, -0.1) is 0 Å². The lowest BCUT2D eigenvalue weighted by Gasteiger charge is -2.10. The molecular weight excluding hydrogens is 222 g/mol. The number of nitro benzene ring substituents is 1. The number of rotatable bonds is 5. The number of benzene rings is 1. The first-order valence-electron chi connectivity index (χ1n) is 5.40. The molecule has 0 aliphatic rings. The minimum Gasteiger partial charge on any atom is -0.385 e. The second kappa shape index (κ2) is 5.83. The first-order valence-corrected chi connectivity index (χ1v) is 5.40. The predicted octanol–water partition coefficient (Wildman–Crippen LogP) is 1.78. The molecule has 0 spiro atoms. The summed E-state index contributed by atoms with van der Waals surface area (Å²) < 4.78 is 0. The summed E-state index contributed by atoms with van der Waals surface area (Å²) in [6.45, 7) is 4.81. The predicted molar refractivity (Wildman–Crippen MR) is 65.3 cm³/mol. The quantitative estimate of drug-likeness (QED) is 0.603. The average Bonchev–Trinajstić information content (AvgIpc) is 2.30. The summed E-state index contributed by atoms with van der Waals surface area (Å²) in [6, 6.07) is 4.20. The maximum absolute atomic E-state index is 11.7. The fourth-order valence-corrected chi connectivity index (χ4v) is 1.43. The number of nitro groups is 1. The zero-order valence-corrected chi connectivity index (χ0v) is 9.82. The van der Waals surface area contributed by atoms with Crippen LogP contribution in [-0.2, 0) is 0 Å². The summed E-state index contributed by atoms with van der Waals surface area (Å²) >= 11 is 0. The SMILES string of the molecule is CCNC(=O)c1cc([N+](=O)[O-])ccc1NCC. The van der Waals surface area contributed by atoms with Crippen LogP contribution in [-0.4, -0.2) is 23.9 Å². The number of anilines is 1. The largest absolute Gasteiger partial charge is 0.385 e. The van der Waals surface area contributed by atoms with Crippen LogP contribution in [0.5, 0.6) is 0 Å². The topological polar surface area (TPSA) is 84.3 Å². The van der Waals surface area contributed by atoms with Gasteiger partial charge < -0.3 is 10.6 Å². The maximum Gasteiger partial charge on any atom is 0.270 e. The Balaban J connectivity index is 3.15. The van der Waals surface area contributed by atoms with E-state index in [4.69, 9.17) is 0 Å². The third kappa shape index (κ3) is 3.17. The third-order valence-corrected chi connectivity index (χ3v) is 2.16. The summed E-state index contributed by atoms with van der Waals surface area (Å²) in [5.41, 5.74) is 0.805. The number of carbonyl (C=O) groups excluding carboxylic acids is 1. The molecule has 0 atom stereocenters. The van der Waals surface area contributed by atoms with Crippen LogP contribution in [0.1, 0.15) is 24.2 Å². The van der Waals surface area contributed by atoms with Crippen molar-refractivity contribution in [2.75, 3.05) is 18.4 Å². The molecule has 1 aromatic rings. The van der Waals surface area contributed by atoms with Crippen molar-refractivity contribution in [3.8, 4) is 0 Å². The van der Waals surface area contributed by atoms with Gasteiger partial charge in [0, 0.05) is 30.9 Å². The fraction of sp³-hybridized carbons (Fsp3) is 0.364. The van der Waals surface area contributed by atoms with Gasteiger partial charge in [0.05, 0.1) is 10.5 Å². The molecule has 6 nitrogen and oxygen atoms in total. The van der Waals surface area contributed by atoms with Gasteiger partial charge in [0.15, 0.2) is 0 Å². The Morgan fingerprint density at radius 2 is 2.06 bits per heavy atom. The van der Waals surface area contributed by atoms with Crippen LogP contribution in [0.25, 0.3) is 0 Å². The van der Waals surface area contributed by atoms with E-state index in [-0.39, 0.29) is 11.6 Å². The number of hydrogen-bond acceptors (Lipinski definition) is 4. The second-order valence-corrected chi connectivity index (χ2v) is 3.38. The molecule has 0 radical (unpaired) electrons. The summed E-state index contributed by atoms with van der Waals surface area (Å²) in [6.07, 6.45) is 0. The second-order valence-electron chi connectivity index (χ2n) is 3.38. The average molecular weight is 237 g/mol. The Bertz CT molecular complexity index is 432. The molecule has 0 saturated carbocycles. The van der Waals surface area contributed by atoms with Crippen molar-refractivity contribution in [2.24, 2.45) is 0 Å². The Morgan fingerprint density at radius 1 is 1.35 bits per heavy atom. The number of amides is 1. The summed E-state index contributed by atoms with van der Waals surface area (Å²) in [4.78, 5) is 21.9. The molecule has 0 saturated heterocycles. The normalized spacial score (nSPS) is 9.76. The van der Waals surface area contributed by atoms with Crippen molar-refractivity contribution in [1.29, 1.82) is 0 Å². The van der Waals surface area contributed by atoms with E-state index in [1.165, 1.54) is 12.1 Å².